The van der Waals surface area contributed by atoms with E-state index < -0.39 is 11.9 Å². The molecule has 0 aliphatic carbocycles. The lowest BCUT2D eigenvalue weighted by Crippen LogP contribution is -2.46. The topological polar surface area (TPSA) is 213 Å². The molecule has 0 aromatic rings. The highest BCUT2D eigenvalue weighted by Crippen LogP contribution is 1.99. The summed E-state index contributed by atoms with van der Waals surface area (Å²) in [5, 5.41) is 21.6. The number of nitrogens with one attached hydrogen (secondary N) is 5. The molecule has 17 heteroatoms. The lowest BCUT2D eigenvalue weighted by atomic mass is 10.1. The molecule has 0 aromatic carbocycles. The molecule has 6 N–H and O–H groups in total. The van der Waals surface area contributed by atoms with E-state index in [0.717, 1.165) is 25.8 Å². The maximum atomic E-state index is 11.7. The second-order valence-electron chi connectivity index (χ2n) is 10.9. The molecule has 0 radical (unpaired) electrons. The van der Waals surface area contributed by atoms with Crippen molar-refractivity contribution in [2.24, 2.45) is 0 Å². The second kappa shape index (κ2) is 58.2. The molecule has 0 saturated carbocycles. The van der Waals surface area contributed by atoms with Gasteiger partial charge in [0, 0.05) is 26.1 Å². The van der Waals surface area contributed by atoms with Gasteiger partial charge in [-0.1, -0.05) is 54.4 Å². The van der Waals surface area contributed by atoms with Crippen LogP contribution in [-0.2, 0) is 52.3 Å². The predicted molar refractivity (Wildman–Crippen MR) is 217 cm³/mol. The average molecular weight is 802 g/mol. The van der Waals surface area contributed by atoms with Crippen LogP contribution in [0.2, 0.25) is 0 Å². The largest absolute Gasteiger partial charge is 0.394 e. The predicted octanol–water partition coefficient (Wildman–Crippen LogP) is 1.83. The van der Waals surface area contributed by atoms with E-state index in [0.29, 0.717) is 111 Å². The summed E-state index contributed by atoms with van der Waals surface area (Å²) in [7, 11) is 3.44. The van der Waals surface area contributed by atoms with Crippen LogP contribution in [0.4, 0.5) is 0 Å². The van der Waals surface area contributed by atoms with Gasteiger partial charge in [0.15, 0.2) is 0 Å². The van der Waals surface area contributed by atoms with E-state index in [-0.39, 0.29) is 25.0 Å². The Morgan fingerprint density at radius 2 is 1.04 bits per heavy atom. The summed E-state index contributed by atoms with van der Waals surface area (Å²) in [5.41, 5.74) is 0. The van der Waals surface area contributed by atoms with Gasteiger partial charge >= 0.3 is 0 Å². The van der Waals surface area contributed by atoms with Crippen LogP contribution in [0.1, 0.15) is 87.5 Å². The number of ether oxygens (including phenoxy) is 7. The number of aliphatic hydroxyl groups excluding tert-OH is 1. The Kier molecular flexibility index (Phi) is 65.4. The molecule has 0 fully saturated rings. The molecule has 0 aliphatic rings. The van der Waals surface area contributed by atoms with Crippen molar-refractivity contribution in [3.63, 3.8) is 0 Å². The minimum Gasteiger partial charge on any atom is -0.394 e. The minimum absolute atomic E-state index is 0.0265. The summed E-state index contributed by atoms with van der Waals surface area (Å²) >= 11 is 0. The van der Waals surface area contributed by atoms with Crippen molar-refractivity contribution in [2.45, 2.75) is 99.6 Å². The van der Waals surface area contributed by atoms with Crippen molar-refractivity contribution in [3.05, 3.63) is 0 Å². The summed E-state index contributed by atoms with van der Waals surface area (Å²) in [6.07, 6.45) is 5.26. The Hall–Kier alpha value is -2.48. The van der Waals surface area contributed by atoms with Crippen LogP contribution in [0.5, 0.6) is 0 Å². The highest BCUT2D eigenvalue weighted by molar-refractivity contribution is 5.88. The summed E-state index contributed by atoms with van der Waals surface area (Å²) in [6.45, 7) is 23.2. The number of rotatable bonds is 34. The molecule has 4 amide bonds. The van der Waals surface area contributed by atoms with Gasteiger partial charge in [-0.05, 0) is 33.7 Å². The summed E-state index contributed by atoms with van der Waals surface area (Å²) in [5.74, 6) is -0.650. The van der Waals surface area contributed by atoms with Crippen molar-refractivity contribution in [3.8, 4) is 0 Å². The van der Waals surface area contributed by atoms with Crippen molar-refractivity contribution >= 4 is 24.1 Å². The van der Waals surface area contributed by atoms with Crippen molar-refractivity contribution in [1.82, 2.24) is 26.6 Å². The Labute approximate surface area is 333 Å². The number of hydrogen-bond acceptors (Lipinski definition) is 13. The molecule has 17 nitrogen and oxygen atoms in total. The number of hydrogen-bond donors (Lipinski definition) is 6. The number of unbranched alkanes of at least 4 members (excludes halogenated alkanes) is 1. The zero-order chi connectivity index (χ0) is 42.6. The molecule has 0 rings (SSSR count). The standard InChI is InChI=1S/C24H50N2O9.C7H13N3O3.C3H8.2C2H6/c1-23(25-2)5-3-4-7-26-24(28)6-9-29-11-13-31-15-17-33-19-21-35-22-20-34-18-16-32-14-12-30-10-8-27;1-5(7(13)8-2)10-6(12)3-9-4-11;1-3-2;2*1-2/h23,25,27H,3-22H2,1-2H3,(H,26,28);4-5H,3H2,1-2H3,(H,8,13)(H,9,11)(H,10,12);3H2,1-2H3;2*1-2H3. The van der Waals surface area contributed by atoms with Gasteiger partial charge in [-0.15, -0.1) is 0 Å². The first-order valence-electron chi connectivity index (χ1n) is 20.0. The fourth-order valence-electron chi connectivity index (χ4n) is 3.40. The van der Waals surface area contributed by atoms with Gasteiger partial charge in [-0.25, -0.2) is 0 Å². The lowest BCUT2D eigenvalue weighted by molar-refractivity contribution is -0.128. The van der Waals surface area contributed by atoms with Crippen LogP contribution >= 0.6 is 0 Å². The Balaban J connectivity index is -0.000000344. The molecule has 2 unspecified atom stereocenters. The maximum Gasteiger partial charge on any atom is 0.242 e. The fourth-order valence-corrected chi connectivity index (χ4v) is 3.40. The first-order valence-corrected chi connectivity index (χ1v) is 20.0. The third-order valence-corrected chi connectivity index (χ3v) is 6.18. The van der Waals surface area contributed by atoms with Gasteiger partial charge in [0.25, 0.3) is 0 Å². The monoisotopic (exact) mass is 802 g/mol. The van der Waals surface area contributed by atoms with E-state index in [4.69, 9.17) is 38.3 Å². The minimum atomic E-state index is -0.592. The first-order chi connectivity index (χ1) is 26.7. The highest BCUT2D eigenvalue weighted by atomic mass is 16.6. The second-order valence-corrected chi connectivity index (χ2v) is 10.9. The molecule has 55 heavy (non-hydrogen) atoms. The Morgan fingerprint density at radius 1 is 0.636 bits per heavy atom. The summed E-state index contributed by atoms with van der Waals surface area (Å²) < 4.78 is 37.5. The molecule has 0 saturated heterocycles. The normalized spacial score (nSPS) is 11.0. The molecule has 0 aliphatic heterocycles. The number of likely N-dealkylation sites (N-methyl/N-ethyl adjacent to an activating group) is 1. The van der Waals surface area contributed by atoms with E-state index >= 15 is 0 Å². The molecule has 0 bridgehead atoms. The van der Waals surface area contributed by atoms with Crippen LogP contribution in [0.15, 0.2) is 0 Å². The van der Waals surface area contributed by atoms with Gasteiger partial charge in [0.2, 0.25) is 24.1 Å². The SMILES string of the molecule is CC.CC.CCC.CNC(=O)C(C)NC(=O)CNC=O.CNC(C)CCCCNC(=O)CCOCCOCCOCCOCCOCCOCCOCCO. The highest BCUT2D eigenvalue weighted by Gasteiger charge is 2.12. The van der Waals surface area contributed by atoms with E-state index in [1.165, 1.54) is 13.5 Å². The van der Waals surface area contributed by atoms with Gasteiger partial charge in [0.1, 0.15) is 6.04 Å². The summed E-state index contributed by atoms with van der Waals surface area (Å²) in [4.78, 5) is 43.4. The van der Waals surface area contributed by atoms with Gasteiger partial charge in [0.05, 0.1) is 106 Å². The Morgan fingerprint density at radius 3 is 1.40 bits per heavy atom. The number of amides is 4. The number of carbonyl (C=O) groups excluding carboxylic acids is 4. The maximum absolute atomic E-state index is 11.7. The smallest absolute Gasteiger partial charge is 0.242 e. The zero-order valence-electron chi connectivity index (χ0n) is 36.2. The van der Waals surface area contributed by atoms with Crippen LogP contribution in [0.3, 0.4) is 0 Å². The van der Waals surface area contributed by atoms with E-state index in [1.54, 1.807) is 6.92 Å². The van der Waals surface area contributed by atoms with Crippen LogP contribution in [0.25, 0.3) is 0 Å². The van der Waals surface area contributed by atoms with Gasteiger partial charge in [-0.2, -0.15) is 0 Å². The van der Waals surface area contributed by atoms with E-state index in [2.05, 4.69) is 47.4 Å². The fraction of sp³-hybridized carbons (Fsp3) is 0.895. The van der Waals surface area contributed by atoms with Gasteiger partial charge in [-0.3, -0.25) is 19.2 Å². The van der Waals surface area contributed by atoms with E-state index in [9.17, 15) is 19.2 Å². The lowest BCUT2D eigenvalue weighted by Gasteiger charge is -2.11. The molecule has 332 valence electrons. The Bertz CT molecular complexity index is 773. The molecule has 0 heterocycles. The summed E-state index contributed by atoms with van der Waals surface area (Å²) in [6, 6.07) is -0.0725. The van der Waals surface area contributed by atoms with Crippen LogP contribution in [-0.4, -0.2) is 168 Å². The van der Waals surface area contributed by atoms with Crippen molar-refractivity contribution in [1.29, 1.82) is 0 Å². The van der Waals surface area contributed by atoms with Crippen molar-refractivity contribution in [2.75, 3.05) is 126 Å². The third-order valence-electron chi connectivity index (χ3n) is 6.18. The molecular formula is C38H83N5O12. The van der Waals surface area contributed by atoms with Crippen molar-refractivity contribution < 1.29 is 57.4 Å². The molecule has 0 spiro atoms. The molecular weight excluding hydrogens is 718 g/mol. The first kappa shape index (κ1) is 61.7. The number of aliphatic hydroxyl groups is 1. The van der Waals surface area contributed by atoms with Crippen LogP contribution < -0.4 is 26.6 Å². The zero-order valence-corrected chi connectivity index (χ0v) is 36.2. The van der Waals surface area contributed by atoms with E-state index in [1.807, 2.05) is 34.7 Å². The third kappa shape index (κ3) is 61.0. The number of carbonyl (C=O) groups is 4. The quantitative estimate of drug-likeness (QED) is 0.0406. The molecule has 0 aromatic heterocycles. The van der Waals surface area contributed by atoms with Gasteiger partial charge < -0.3 is 64.8 Å². The average Bonchev–Trinajstić information content (AvgIpc) is 3.20. The van der Waals surface area contributed by atoms with Crippen LogP contribution in [0, 0.1) is 0 Å². The molecule has 2 atom stereocenters.